The first kappa shape index (κ1) is 19.1. The summed E-state index contributed by atoms with van der Waals surface area (Å²) in [4.78, 5) is 0. The standard InChI is InChI=1S/C30H35N2/c1-7-29(5)20-11-9-10-19-12-15-31-23-16-21-22(28(4)14-13-27(21,3)18-28)17-24(23)32(26(31)25(19)20)30(29,6)8-2/h9-12,15-17H,7-8,13-14,18H2,1-6H3/q+1. The van der Waals surface area contributed by atoms with Gasteiger partial charge in [-0.1, -0.05) is 52.8 Å². The van der Waals surface area contributed by atoms with Crippen LogP contribution in [0.1, 0.15) is 90.3 Å². The smallest absolute Gasteiger partial charge is 0.216 e. The first-order valence-electron chi connectivity index (χ1n) is 12.7. The van der Waals surface area contributed by atoms with E-state index in [-0.39, 0.29) is 11.0 Å². The highest BCUT2D eigenvalue weighted by atomic mass is 15.2. The van der Waals surface area contributed by atoms with Gasteiger partial charge in [0.25, 0.3) is 5.65 Å². The van der Waals surface area contributed by atoms with Crippen molar-refractivity contribution in [1.82, 2.24) is 4.40 Å². The Morgan fingerprint density at radius 2 is 1.59 bits per heavy atom. The number of fused-ring (bicyclic) bond motifs is 8. The summed E-state index contributed by atoms with van der Waals surface area (Å²) in [5.41, 5.74) is 9.81. The van der Waals surface area contributed by atoms with Crippen LogP contribution in [-0.4, -0.2) is 4.40 Å². The Bertz CT molecular complexity index is 1490. The van der Waals surface area contributed by atoms with Crippen LogP contribution in [0.5, 0.6) is 0 Å². The highest BCUT2D eigenvalue weighted by Gasteiger charge is 2.57. The third-order valence-electron chi connectivity index (χ3n) is 10.8. The molecule has 0 saturated heterocycles. The summed E-state index contributed by atoms with van der Waals surface area (Å²) in [7, 11) is 0. The fourth-order valence-electron chi connectivity index (χ4n) is 8.45. The van der Waals surface area contributed by atoms with E-state index in [9.17, 15) is 0 Å². The number of aromatic nitrogens is 2. The van der Waals surface area contributed by atoms with Crippen molar-refractivity contribution in [3.05, 3.63) is 59.3 Å². The molecule has 1 fully saturated rings. The van der Waals surface area contributed by atoms with Crippen molar-refractivity contribution >= 4 is 27.5 Å². The Labute approximate surface area is 191 Å². The lowest BCUT2D eigenvalue weighted by Gasteiger charge is -2.46. The molecule has 2 nitrogen and oxygen atoms in total. The van der Waals surface area contributed by atoms with Crippen LogP contribution in [0.25, 0.3) is 27.5 Å². The zero-order valence-electron chi connectivity index (χ0n) is 20.5. The molecule has 164 valence electrons. The molecular formula is C30H35N2+. The van der Waals surface area contributed by atoms with Crippen molar-refractivity contribution in [3.8, 4) is 0 Å². The zero-order valence-corrected chi connectivity index (χ0v) is 20.5. The van der Waals surface area contributed by atoms with Gasteiger partial charge in [0.15, 0.2) is 11.0 Å². The molecule has 2 aromatic heterocycles. The number of rotatable bonds is 2. The van der Waals surface area contributed by atoms with E-state index < -0.39 is 0 Å². The van der Waals surface area contributed by atoms with Gasteiger partial charge in [0.1, 0.15) is 5.54 Å². The molecular weight excluding hydrogens is 388 g/mol. The lowest BCUT2D eigenvalue weighted by molar-refractivity contribution is -0.728. The molecule has 2 aliphatic carbocycles. The molecule has 0 amide bonds. The van der Waals surface area contributed by atoms with Gasteiger partial charge in [-0.25, -0.2) is 4.57 Å². The number of pyridine rings is 1. The second kappa shape index (κ2) is 5.41. The van der Waals surface area contributed by atoms with Crippen LogP contribution in [0.4, 0.5) is 0 Å². The minimum atomic E-state index is 0.0219. The minimum absolute atomic E-state index is 0.0219. The van der Waals surface area contributed by atoms with Gasteiger partial charge in [0.2, 0.25) is 0 Å². The quantitative estimate of drug-likeness (QED) is 0.305. The summed E-state index contributed by atoms with van der Waals surface area (Å²) >= 11 is 0. The SMILES string of the molecule is CCC1(C)c2cccc3ccn4c5cc6c(cc5[n+](c4c23)C1(C)CC)C1(C)CCC6(C)C1. The van der Waals surface area contributed by atoms with Gasteiger partial charge in [0, 0.05) is 5.41 Å². The molecule has 3 aliphatic rings. The van der Waals surface area contributed by atoms with Gasteiger partial charge in [-0.2, -0.15) is 4.40 Å². The normalized spacial score (nSPS) is 34.9. The minimum Gasteiger partial charge on any atom is -0.216 e. The largest absolute Gasteiger partial charge is 0.295 e. The van der Waals surface area contributed by atoms with Crippen molar-refractivity contribution in [3.63, 3.8) is 0 Å². The van der Waals surface area contributed by atoms with Crippen LogP contribution < -0.4 is 4.57 Å². The number of hydrogen-bond donors (Lipinski definition) is 0. The predicted molar refractivity (Wildman–Crippen MR) is 133 cm³/mol. The van der Waals surface area contributed by atoms with E-state index in [4.69, 9.17) is 0 Å². The molecule has 1 aliphatic heterocycles. The average Bonchev–Trinajstić information content (AvgIpc) is 3.38. The van der Waals surface area contributed by atoms with Gasteiger partial charge in [-0.3, -0.25) is 0 Å². The molecule has 4 unspecified atom stereocenters. The van der Waals surface area contributed by atoms with E-state index in [0.717, 1.165) is 12.8 Å². The fraction of sp³-hybridized carbons (Fsp3) is 0.500. The fourth-order valence-corrected chi connectivity index (χ4v) is 8.45. The highest BCUT2D eigenvalue weighted by molar-refractivity contribution is 5.99. The lowest BCUT2D eigenvalue weighted by Crippen LogP contribution is -2.66. The van der Waals surface area contributed by atoms with Crippen molar-refractivity contribution in [2.75, 3.05) is 0 Å². The Morgan fingerprint density at radius 3 is 2.28 bits per heavy atom. The third-order valence-corrected chi connectivity index (χ3v) is 10.8. The van der Waals surface area contributed by atoms with E-state index in [2.05, 4.69) is 93.1 Å². The van der Waals surface area contributed by atoms with E-state index in [1.165, 1.54) is 52.3 Å². The summed E-state index contributed by atoms with van der Waals surface area (Å²) in [6.45, 7) is 14.8. The Morgan fingerprint density at radius 1 is 0.875 bits per heavy atom. The number of imidazole rings is 1. The molecule has 2 bridgehead atoms. The second-order valence-electron chi connectivity index (χ2n) is 12.1. The molecule has 2 aromatic carbocycles. The van der Waals surface area contributed by atoms with Crippen LogP contribution in [0, 0.1) is 0 Å². The maximum absolute atomic E-state index is 2.76. The van der Waals surface area contributed by atoms with Crippen molar-refractivity contribution in [1.29, 1.82) is 0 Å². The molecule has 2 heteroatoms. The van der Waals surface area contributed by atoms with Gasteiger partial charge in [-0.15, -0.1) is 0 Å². The molecule has 4 aromatic rings. The molecule has 7 rings (SSSR count). The van der Waals surface area contributed by atoms with Gasteiger partial charge in [-0.05, 0) is 90.1 Å². The van der Waals surface area contributed by atoms with Crippen molar-refractivity contribution in [2.45, 2.75) is 95.4 Å². The summed E-state index contributed by atoms with van der Waals surface area (Å²) in [6.07, 6.45) is 8.56. The Kier molecular flexibility index (Phi) is 3.24. The van der Waals surface area contributed by atoms with Crippen LogP contribution >= 0.6 is 0 Å². The van der Waals surface area contributed by atoms with Crippen LogP contribution in [0.3, 0.4) is 0 Å². The highest BCUT2D eigenvalue weighted by Crippen LogP contribution is 2.61. The summed E-state index contributed by atoms with van der Waals surface area (Å²) in [6, 6.07) is 14.5. The molecule has 0 N–H and O–H groups in total. The molecule has 3 heterocycles. The molecule has 4 atom stereocenters. The van der Waals surface area contributed by atoms with Crippen LogP contribution in [0.15, 0.2) is 42.6 Å². The first-order valence-corrected chi connectivity index (χ1v) is 12.7. The van der Waals surface area contributed by atoms with E-state index in [1.54, 1.807) is 11.1 Å². The topological polar surface area (TPSA) is 8.29 Å². The maximum atomic E-state index is 2.76. The summed E-state index contributed by atoms with van der Waals surface area (Å²) in [5.74, 6) is 0. The maximum Gasteiger partial charge on any atom is 0.295 e. The van der Waals surface area contributed by atoms with Crippen molar-refractivity contribution < 1.29 is 4.57 Å². The third kappa shape index (κ3) is 1.79. The number of nitrogens with zero attached hydrogens (tertiary/aromatic N) is 2. The molecule has 0 spiro atoms. The molecule has 0 radical (unpaired) electrons. The van der Waals surface area contributed by atoms with Crippen LogP contribution in [-0.2, 0) is 21.8 Å². The number of benzene rings is 2. The predicted octanol–water partition coefficient (Wildman–Crippen LogP) is 7.05. The van der Waals surface area contributed by atoms with Gasteiger partial charge < -0.3 is 0 Å². The first-order chi connectivity index (χ1) is 15.2. The Hall–Kier alpha value is -2.35. The van der Waals surface area contributed by atoms with E-state index in [1.807, 2.05) is 0 Å². The van der Waals surface area contributed by atoms with E-state index in [0.29, 0.717) is 10.8 Å². The van der Waals surface area contributed by atoms with Gasteiger partial charge >= 0.3 is 0 Å². The number of hydrogen-bond acceptors (Lipinski definition) is 0. The van der Waals surface area contributed by atoms with E-state index >= 15 is 0 Å². The summed E-state index contributed by atoms with van der Waals surface area (Å²) in [5, 5.41) is 2.83. The van der Waals surface area contributed by atoms with Gasteiger partial charge in [0.05, 0.1) is 11.6 Å². The molecule has 32 heavy (non-hydrogen) atoms. The summed E-state index contributed by atoms with van der Waals surface area (Å²) < 4.78 is 5.28. The lowest BCUT2D eigenvalue weighted by atomic mass is 9.62. The monoisotopic (exact) mass is 423 g/mol. The zero-order chi connectivity index (χ0) is 22.3. The second-order valence-corrected chi connectivity index (χ2v) is 12.1. The van der Waals surface area contributed by atoms with Crippen molar-refractivity contribution in [2.24, 2.45) is 0 Å². The average molecular weight is 424 g/mol. The van der Waals surface area contributed by atoms with Crippen LogP contribution in [0.2, 0.25) is 0 Å². The molecule has 1 saturated carbocycles. The Balaban J connectivity index is 1.75.